The summed E-state index contributed by atoms with van der Waals surface area (Å²) in [6.45, 7) is 0. The Balaban J connectivity index is 2.07. The topological polar surface area (TPSA) is 55.1 Å². The van der Waals surface area contributed by atoms with E-state index in [2.05, 4.69) is 21.2 Å². The Hall–Kier alpha value is -2.14. The molecule has 102 valence electrons. The predicted molar refractivity (Wildman–Crippen MR) is 82.6 cm³/mol. The lowest BCUT2D eigenvalue weighted by Gasteiger charge is -2.05. The van der Waals surface area contributed by atoms with Crippen molar-refractivity contribution in [2.45, 2.75) is 0 Å². The molecule has 2 aromatic carbocycles. The second kappa shape index (κ2) is 6.34. The number of anilines is 2. The standard InChI is InChI=1S/C15H12BrFN2O/c16-13-6-5-11(17)9-14(13)19-15(20)7-4-10-2-1-3-12(18)8-10/h1-9H,18H2,(H,19,20)/b7-4+. The molecule has 0 bridgehead atoms. The summed E-state index contributed by atoms with van der Waals surface area (Å²) in [5.74, 6) is -0.762. The molecule has 0 unspecified atom stereocenters. The Morgan fingerprint density at radius 3 is 2.80 bits per heavy atom. The van der Waals surface area contributed by atoms with Crippen LogP contribution in [0.15, 0.2) is 53.0 Å². The molecule has 0 radical (unpaired) electrons. The summed E-state index contributed by atoms with van der Waals surface area (Å²) in [7, 11) is 0. The van der Waals surface area contributed by atoms with Crippen molar-refractivity contribution < 1.29 is 9.18 Å². The first-order chi connectivity index (χ1) is 9.54. The summed E-state index contributed by atoms with van der Waals surface area (Å²) in [4.78, 5) is 11.8. The first kappa shape index (κ1) is 14.3. The molecule has 0 aliphatic carbocycles. The smallest absolute Gasteiger partial charge is 0.248 e. The van der Waals surface area contributed by atoms with Gasteiger partial charge in [0.25, 0.3) is 0 Å². The molecule has 2 aromatic rings. The van der Waals surface area contributed by atoms with Crippen molar-refractivity contribution in [2.75, 3.05) is 11.1 Å². The molecule has 0 aliphatic heterocycles. The van der Waals surface area contributed by atoms with Gasteiger partial charge in [-0.05, 0) is 57.9 Å². The molecule has 0 fully saturated rings. The van der Waals surface area contributed by atoms with Crippen LogP contribution >= 0.6 is 15.9 Å². The van der Waals surface area contributed by atoms with E-state index in [0.29, 0.717) is 15.8 Å². The molecule has 0 aliphatic rings. The molecular formula is C15H12BrFN2O. The van der Waals surface area contributed by atoms with Gasteiger partial charge < -0.3 is 11.1 Å². The minimum absolute atomic E-state index is 0.348. The lowest BCUT2D eigenvalue weighted by molar-refractivity contribution is -0.111. The average molecular weight is 335 g/mol. The highest BCUT2D eigenvalue weighted by Crippen LogP contribution is 2.23. The fourth-order valence-electron chi connectivity index (χ4n) is 1.60. The average Bonchev–Trinajstić information content (AvgIpc) is 2.41. The third kappa shape index (κ3) is 3.93. The number of carbonyl (C=O) groups is 1. The summed E-state index contributed by atoms with van der Waals surface area (Å²) in [5, 5.41) is 2.59. The maximum Gasteiger partial charge on any atom is 0.248 e. The van der Waals surface area contributed by atoms with Crippen molar-refractivity contribution in [1.29, 1.82) is 0 Å². The fraction of sp³-hybridized carbons (Fsp3) is 0. The minimum atomic E-state index is -0.414. The molecule has 3 N–H and O–H groups in total. The monoisotopic (exact) mass is 334 g/mol. The van der Waals surface area contributed by atoms with E-state index in [-0.39, 0.29) is 5.91 Å². The van der Waals surface area contributed by atoms with Crippen molar-refractivity contribution in [1.82, 2.24) is 0 Å². The molecule has 3 nitrogen and oxygen atoms in total. The highest BCUT2D eigenvalue weighted by Gasteiger charge is 2.04. The van der Waals surface area contributed by atoms with Crippen LogP contribution in [-0.4, -0.2) is 5.91 Å². The molecule has 0 saturated carbocycles. The van der Waals surface area contributed by atoms with E-state index in [4.69, 9.17) is 5.73 Å². The SMILES string of the molecule is Nc1cccc(/C=C/C(=O)Nc2cc(F)ccc2Br)c1. The van der Waals surface area contributed by atoms with Gasteiger partial charge in [0.15, 0.2) is 0 Å². The van der Waals surface area contributed by atoms with Crippen molar-refractivity contribution >= 4 is 39.3 Å². The predicted octanol–water partition coefficient (Wildman–Crippen LogP) is 3.82. The van der Waals surface area contributed by atoms with Crippen molar-refractivity contribution in [2.24, 2.45) is 0 Å². The van der Waals surface area contributed by atoms with Crippen LogP contribution in [-0.2, 0) is 4.79 Å². The molecule has 0 aromatic heterocycles. The highest BCUT2D eigenvalue weighted by molar-refractivity contribution is 9.10. The molecule has 20 heavy (non-hydrogen) atoms. The molecule has 1 amide bonds. The zero-order chi connectivity index (χ0) is 14.5. The van der Waals surface area contributed by atoms with Gasteiger partial charge in [0.05, 0.1) is 5.69 Å². The Kier molecular flexibility index (Phi) is 4.53. The Labute approximate surface area is 124 Å². The molecular weight excluding hydrogens is 323 g/mol. The zero-order valence-corrected chi connectivity index (χ0v) is 12.0. The van der Waals surface area contributed by atoms with E-state index < -0.39 is 5.82 Å². The number of nitrogens with two attached hydrogens (primary N) is 1. The molecule has 5 heteroatoms. The van der Waals surface area contributed by atoms with E-state index in [1.165, 1.54) is 24.3 Å². The highest BCUT2D eigenvalue weighted by atomic mass is 79.9. The number of rotatable bonds is 3. The largest absolute Gasteiger partial charge is 0.399 e. The second-order valence-electron chi connectivity index (χ2n) is 4.12. The van der Waals surface area contributed by atoms with Gasteiger partial charge in [-0.1, -0.05) is 12.1 Å². The fourth-order valence-corrected chi connectivity index (χ4v) is 1.95. The summed E-state index contributed by atoms with van der Waals surface area (Å²) in [6.07, 6.45) is 3.00. The number of amides is 1. The van der Waals surface area contributed by atoms with E-state index in [1.807, 2.05) is 6.07 Å². The number of hydrogen-bond donors (Lipinski definition) is 2. The Bertz CT molecular complexity index is 671. The first-order valence-corrected chi connectivity index (χ1v) is 6.63. The van der Waals surface area contributed by atoms with E-state index in [0.717, 1.165) is 5.56 Å². The number of halogens is 2. The van der Waals surface area contributed by atoms with Crippen LogP contribution in [0.3, 0.4) is 0 Å². The number of nitrogen functional groups attached to an aromatic ring is 1. The number of hydrogen-bond acceptors (Lipinski definition) is 2. The number of carbonyl (C=O) groups excluding carboxylic acids is 1. The van der Waals surface area contributed by atoms with Gasteiger partial charge in [0.1, 0.15) is 5.82 Å². The van der Waals surface area contributed by atoms with Crippen LogP contribution in [0, 0.1) is 5.82 Å². The van der Waals surface area contributed by atoms with Gasteiger partial charge in [-0.2, -0.15) is 0 Å². The van der Waals surface area contributed by atoms with Crippen molar-refractivity contribution in [3.05, 3.63) is 64.4 Å². The maximum absolute atomic E-state index is 13.1. The van der Waals surface area contributed by atoms with E-state index in [1.54, 1.807) is 24.3 Å². The van der Waals surface area contributed by atoms with Crippen LogP contribution in [0.4, 0.5) is 15.8 Å². The van der Waals surface area contributed by atoms with Crippen LogP contribution in [0.2, 0.25) is 0 Å². The van der Waals surface area contributed by atoms with Gasteiger partial charge in [-0.15, -0.1) is 0 Å². The van der Waals surface area contributed by atoms with Crippen molar-refractivity contribution in [3.8, 4) is 0 Å². The maximum atomic E-state index is 13.1. The molecule has 0 heterocycles. The quantitative estimate of drug-likeness (QED) is 0.662. The Morgan fingerprint density at radius 2 is 2.05 bits per heavy atom. The molecule has 0 saturated heterocycles. The van der Waals surface area contributed by atoms with Gasteiger partial charge >= 0.3 is 0 Å². The van der Waals surface area contributed by atoms with Gasteiger partial charge in [0.2, 0.25) is 5.91 Å². The van der Waals surface area contributed by atoms with Gasteiger partial charge in [-0.3, -0.25) is 4.79 Å². The summed E-state index contributed by atoms with van der Waals surface area (Å²) >= 11 is 3.24. The van der Waals surface area contributed by atoms with Crippen LogP contribution in [0.25, 0.3) is 6.08 Å². The zero-order valence-electron chi connectivity index (χ0n) is 10.4. The van der Waals surface area contributed by atoms with E-state index in [9.17, 15) is 9.18 Å². The van der Waals surface area contributed by atoms with Crippen molar-refractivity contribution in [3.63, 3.8) is 0 Å². The first-order valence-electron chi connectivity index (χ1n) is 5.84. The van der Waals surface area contributed by atoms with Gasteiger partial charge in [0, 0.05) is 16.2 Å². The van der Waals surface area contributed by atoms with Crippen LogP contribution in [0.1, 0.15) is 5.56 Å². The minimum Gasteiger partial charge on any atom is -0.399 e. The number of benzene rings is 2. The lowest BCUT2D eigenvalue weighted by atomic mass is 10.2. The van der Waals surface area contributed by atoms with Crippen LogP contribution in [0.5, 0.6) is 0 Å². The molecule has 2 rings (SSSR count). The lowest BCUT2D eigenvalue weighted by Crippen LogP contribution is -2.08. The summed E-state index contributed by atoms with van der Waals surface area (Å²) < 4.78 is 13.7. The third-order valence-electron chi connectivity index (χ3n) is 2.52. The van der Waals surface area contributed by atoms with Gasteiger partial charge in [-0.25, -0.2) is 4.39 Å². The van der Waals surface area contributed by atoms with E-state index >= 15 is 0 Å². The van der Waals surface area contributed by atoms with Crippen LogP contribution < -0.4 is 11.1 Å². The normalized spacial score (nSPS) is 10.7. The third-order valence-corrected chi connectivity index (χ3v) is 3.22. The summed E-state index contributed by atoms with van der Waals surface area (Å²) in [6, 6.07) is 11.2. The molecule has 0 spiro atoms. The summed E-state index contributed by atoms with van der Waals surface area (Å²) in [5.41, 5.74) is 7.47. The second-order valence-corrected chi connectivity index (χ2v) is 4.97. The number of nitrogens with one attached hydrogen (secondary N) is 1. The Morgan fingerprint density at radius 1 is 1.25 bits per heavy atom. The molecule has 0 atom stereocenters.